The Morgan fingerprint density at radius 2 is 1.89 bits per heavy atom. The van der Waals surface area contributed by atoms with Crippen LogP contribution in [0.4, 0.5) is 15.8 Å². The first kappa shape index (κ1) is 19.6. The lowest BCUT2D eigenvalue weighted by Crippen LogP contribution is -2.21. The van der Waals surface area contributed by atoms with Crippen molar-refractivity contribution in [2.24, 2.45) is 0 Å². The molecule has 1 N–H and O–H groups in total. The van der Waals surface area contributed by atoms with Crippen LogP contribution in [0.1, 0.15) is 10.4 Å². The van der Waals surface area contributed by atoms with E-state index in [-0.39, 0.29) is 28.4 Å². The lowest BCUT2D eigenvalue weighted by molar-refractivity contribution is -0.384. The van der Waals surface area contributed by atoms with E-state index < -0.39 is 29.2 Å². The predicted octanol–water partition coefficient (Wildman–Crippen LogP) is 2.55. The van der Waals surface area contributed by atoms with Gasteiger partial charge in [0, 0.05) is 18.2 Å². The molecule has 0 unspecified atom stereocenters. The zero-order valence-corrected chi connectivity index (χ0v) is 14.4. The van der Waals surface area contributed by atoms with Crippen LogP contribution < -0.4 is 14.8 Å². The van der Waals surface area contributed by atoms with E-state index >= 15 is 0 Å². The van der Waals surface area contributed by atoms with Crippen molar-refractivity contribution >= 4 is 23.3 Å². The molecule has 9 nitrogen and oxygen atoms in total. The quantitative estimate of drug-likeness (QED) is 0.447. The van der Waals surface area contributed by atoms with Gasteiger partial charge >= 0.3 is 5.97 Å². The lowest BCUT2D eigenvalue weighted by Gasteiger charge is -2.10. The number of nitrogens with one attached hydrogen (secondary N) is 1. The van der Waals surface area contributed by atoms with Crippen molar-refractivity contribution in [2.75, 3.05) is 26.1 Å². The summed E-state index contributed by atoms with van der Waals surface area (Å²) in [6.45, 7) is -0.726. The first-order valence-electron chi connectivity index (χ1n) is 7.48. The number of ether oxygens (including phenoxy) is 3. The minimum Gasteiger partial charge on any atom is -0.497 e. The van der Waals surface area contributed by atoms with Crippen molar-refractivity contribution < 1.29 is 33.1 Å². The summed E-state index contributed by atoms with van der Waals surface area (Å²) in [7, 11) is 2.67. The Kier molecular flexibility index (Phi) is 6.26. The van der Waals surface area contributed by atoms with Crippen molar-refractivity contribution in [2.45, 2.75) is 0 Å². The average Bonchev–Trinajstić information content (AvgIpc) is 2.65. The number of benzene rings is 2. The highest BCUT2D eigenvalue weighted by molar-refractivity contribution is 5.96. The monoisotopic (exact) mass is 378 g/mol. The summed E-state index contributed by atoms with van der Waals surface area (Å²) in [5, 5.41) is 13.2. The predicted molar refractivity (Wildman–Crippen MR) is 91.5 cm³/mol. The number of halogens is 1. The summed E-state index contributed by atoms with van der Waals surface area (Å²) in [5.41, 5.74) is -0.594. The number of methoxy groups -OCH3 is 2. The van der Waals surface area contributed by atoms with Crippen molar-refractivity contribution in [3.63, 3.8) is 0 Å². The van der Waals surface area contributed by atoms with E-state index in [0.717, 1.165) is 18.2 Å². The largest absolute Gasteiger partial charge is 0.497 e. The highest BCUT2D eigenvalue weighted by atomic mass is 19.1. The third kappa shape index (κ3) is 4.91. The van der Waals surface area contributed by atoms with Crippen LogP contribution in [0, 0.1) is 15.9 Å². The van der Waals surface area contributed by atoms with Crippen LogP contribution in [0.3, 0.4) is 0 Å². The molecule has 0 aliphatic heterocycles. The maximum atomic E-state index is 13.8. The van der Waals surface area contributed by atoms with Crippen molar-refractivity contribution in [1.29, 1.82) is 0 Å². The van der Waals surface area contributed by atoms with Gasteiger partial charge in [0.2, 0.25) is 0 Å². The minimum absolute atomic E-state index is 0.0309. The van der Waals surface area contributed by atoms with Crippen molar-refractivity contribution in [1.82, 2.24) is 0 Å². The van der Waals surface area contributed by atoms with Crippen molar-refractivity contribution in [3.05, 3.63) is 57.9 Å². The number of nitro groups is 1. The summed E-state index contributed by atoms with van der Waals surface area (Å²) in [4.78, 5) is 34.0. The minimum atomic E-state index is -1.05. The van der Waals surface area contributed by atoms with Gasteiger partial charge in [0.15, 0.2) is 6.61 Å². The van der Waals surface area contributed by atoms with E-state index in [2.05, 4.69) is 5.32 Å². The van der Waals surface area contributed by atoms with E-state index in [1.54, 1.807) is 0 Å². The van der Waals surface area contributed by atoms with Gasteiger partial charge in [-0.3, -0.25) is 14.9 Å². The lowest BCUT2D eigenvalue weighted by atomic mass is 10.2. The fourth-order valence-corrected chi connectivity index (χ4v) is 2.09. The highest BCUT2D eigenvalue weighted by Crippen LogP contribution is 2.28. The average molecular weight is 378 g/mol. The van der Waals surface area contributed by atoms with Gasteiger partial charge < -0.3 is 19.5 Å². The van der Waals surface area contributed by atoms with E-state index in [9.17, 15) is 24.1 Å². The number of nitro benzene ring substituents is 1. The summed E-state index contributed by atoms with van der Waals surface area (Å²) < 4.78 is 28.4. The first-order valence-corrected chi connectivity index (χ1v) is 7.48. The Balaban J connectivity index is 2.03. The number of hydrogen-bond donors (Lipinski definition) is 1. The Morgan fingerprint density at radius 1 is 1.15 bits per heavy atom. The maximum Gasteiger partial charge on any atom is 0.341 e. The van der Waals surface area contributed by atoms with Gasteiger partial charge in [0.1, 0.15) is 17.3 Å². The van der Waals surface area contributed by atoms with Crippen LogP contribution in [-0.4, -0.2) is 37.6 Å². The summed E-state index contributed by atoms with van der Waals surface area (Å²) in [6, 6.07) is 7.16. The van der Waals surface area contributed by atoms with Gasteiger partial charge in [0.05, 0.1) is 30.4 Å². The molecule has 0 bridgehead atoms. The third-order valence-electron chi connectivity index (χ3n) is 3.40. The number of carbonyl (C=O) groups is 2. The Labute approximate surface area is 152 Å². The Morgan fingerprint density at radius 3 is 2.48 bits per heavy atom. The molecule has 0 heterocycles. The molecule has 0 aliphatic carbocycles. The number of hydrogen-bond acceptors (Lipinski definition) is 7. The van der Waals surface area contributed by atoms with Crippen molar-refractivity contribution in [3.8, 4) is 11.5 Å². The van der Waals surface area contributed by atoms with Gasteiger partial charge in [-0.05, 0) is 18.2 Å². The van der Waals surface area contributed by atoms with E-state index in [0.29, 0.717) is 0 Å². The number of esters is 1. The smallest absolute Gasteiger partial charge is 0.341 e. The number of anilines is 1. The fourth-order valence-electron chi connectivity index (χ4n) is 2.09. The molecule has 0 saturated carbocycles. The molecular weight excluding hydrogens is 363 g/mol. The molecule has 2 aromatic carbocycles. The van der Waals surface area contributed by atoms with Gasteiger partial charge in [-0.1, -0.05) is 0 Å². The fraction of sp³-hybridized carbons (Fsp3) is 0.176. The molecular formula is C17H15FN2O7. The maximum absolute atomic E-state index is 13.8. The molecule has 0 fully saturated rings. The number of rotatable bonds is 7. The van der Waals surface area contributed by atoms with Gasteiger partial charge in [-0.2, -0.15) is 0 Å². The Bertz CT molecular complexity index is 886. The number of amides is 1. The molecule has 142 valence electrons. The Hall–Kier alpha value is -3.69. The summed E-state index contributed by atoms with van der Waals surface area (Å²) in [6.07, 6.45) is 0. The number of carbonyl (C=O) groups excluding carboxylic acids is 2. The molecule has 0 saturated heterocycles. The van der Waals surface area contributed by atoms with Crippen LogP contribution >= 0.6 is 0 Å². The molecule has 10 heteroatoms. The van der Waals surface area contributed by atoms with E-state index in [1.807, 2.05) is 0 Å². The zero-order chi connectivity index (χ0) is 20.0. The molecule has 27 heavy (non-hydrogen) atoms. The topological polar surface area (TPSA) is 117 Å². The molecule has 0 atom stereocenters. The van der Waals surface area contributed by atoms with E-state index in [1.165, 1.54) is 32.4 Å². The second-order valence-electron chi connectivity index (χ2n) is 5.11. The van der Waals surface area contributed by atoms with Gasteiger partial charge in [0.25, 0.3) is 11.6 Å². The second-order valence-corrected chi connectivity index (χ2v) is 5.11. The third-order valence-corrected chi connectivity index (χ3v) is 3.40. The molecule has 0 aromatic heterocycles. The van der Waals surface area contributed by atoms with Crippen LogP contribution in [0.5, 0.6) is 11.5 Å². The summed E-state index contributed by atoms with van der Waals surface area (Å²) in [5.74, 6) is -2.28. The SMILES string of the molecule is COc1ccc(C(=O)OCC(=O)Nc2cc([N+](=O)[O-])ccc2OC)c(F)c1. The number of non-ortho nitro benzene ring substituents is 1. The number of nitrogens with zero attached hydrogens (tertiary/aromatic N) is 1. The van der Waals surface area contributed by atoms with Crippen LogP contribution in [0.25, 0.3) is 0 Å². The van der Waals surface area contributed by atoms with Crippen LogP contribution in [0.2, 0.25) is 0 Å². The molecule has 2 aromatic rings. The van der Waals surface area contributed by atoms with Gasteiger partial charge in [-0.15, -0.1) is 0 Å². The van der Waals surface area contributed by atoms with Gasteiger partial charge in [-0.25, -0.2) is 9.18 Å². The molecule has 0 radical (unpaired) electrons. The molecule has 0 spiro atoms. The van der Waals surface area contributed by atoms with Crippen LogP contribution in [0.15, 0.2) is 36.4 Å². The zero-order valence-electron chi connectivity index (χ0n) is 14.4. The molecule has 2 rings (SSSR count). The molecule has 0 aliphatic rings. The van der Waals surface area contributed by atoms with E-state index in [4.69, 9.17) is 14.2 Å². The summed E-state index contributed by atoms with van der Waals surface area (Å²) >= 11 is 0. The first-order chi connectivity index (χ1) is 12.8. The normalized spacial score (nSPS) is 10.0. The molecule has 1 amide bonds. The standard InChI is InChI=1S/C17H15FN2O7/c1-25-11-4-5-12(13(18)8-11)17(22)27-9-16(21)19-14-7-10(20(23)24)3-6-15(14)26-2/h3-8H,9H2,1-2H3,(H,19,21). The second kappa shape index (κ2) is 8.61. The highest BCUT2D eigenvalue weighted by Gasteiger charge is 2.17. The van der Waals surface area contributed by atoms with Crippen LogP contribution in [-0.2, 0) is 9.53 Å².